The summed E-state index contributed by atoms with van der Waals surface area (Å²) in [6, 6.07) is 5.14. The molecule has 13 heavy (non-hydrogen) atoms. The van der Waals surface area contributed by atoms with Gasteiger partial charge < -0.3 is 5.73 Å². The maximum atomic E-state index is 10.8. The summed E-state index contributed by atoms with van der Waals surface area (Å²) in [7, 11) is 0. The molecule has 0 aromatic heterocycles. The minimum Gasteiger partial charge on any atom is -0.368 e. The van der Waals surface area contributed by atoms with E-state index in [9.17, 15) is 4.79 Å². The quantitative estimate of drug-likeness (QED) is 0.761. The summed E-state index contributed by atoms with van der Waals surface area (Å²) in [6.45, 7) is 1.83. The van der Waals surface area contributed by atoms with E-state index in [0.717, 1.165) is 5.56 Å². The van der Waals surface area contributed by atoms with Crippen LogP contribution in [-0.2, 0) is 4.79 Å². The van der Waals surface area contributed by atoms with E-state index in [4.69, 9.17) is 28.9 Å². The highest BCUT2D eigenvalue weighted by atomic mass is 35.5. The van der Waals surface area contributed by atoms with Gasteiger partial charge in [-0.1, -0.05) is 17.7 Å². The first-order valence-corrected chi connectivity index (χ1v) is 4.53. The molecule has 1 rings (SSSR count). The molecule has 0 fully saturated rings. The van der Waals surface area contributed by atoms with Crippen molar-refractivity contribution >= 4 is 29.1 Å². The average molecular weight is 218 g/mol. The number of primary amides is 1. The fourth-order valence-corrected chi connectivity index (χ4v) is 1.55. The topological polar surface area (TPSA) is 43.1 Å². The summed E-state index contributed by atoms with van der Waals surface area (Å²) in [6.07, 6.45) is 0. The highest BCUT2D eigenvalue weighted by Crippen LogP contribution is 2.25. The molecular formula is C9H9Cl2NO. The molecule has 1 unspecified atom stereocenters. The number of aryl methyl sites for hydroxylation is 1. The first-order valence-electron chi connectivity index (χ1n) is 3.72. The Morgan fingerprint density at radius 2 is 2.15 bits per heavy atom. The van der Waals surface area contributed by atoms with Crippen molar-refractivity contribution in [3.8, 4) is 0 Å². The molecule has 4 heteroatoms. The molecular weight excluding hydrogens is 209 g/mol. The normalized spacial score (nSPS) is 12.5. The second-order valence-electron chi connectivity index (χ2n) is 2.77. The lowest BCUT2D eigenvalue weighted by molar-refractivity contribution is -0.117. The molecule has 2 N–H and O–H groups in total. The van der Waals surface area contributed by atoms with Crippen molar-refractivity contribution in [3.05, 3.63) is 34.3 Å². The van der Waals surface area contributed by atoms with Crippen LogP contribution >= 0.6 is 23.2 Å². The van der Waals surface area contributed by atoms with E-state index in [1.54, 1.807) is 18.2 Å². The third-order valence-corrected chi connectivity index (χ3v) is 2.44. The van der Waals surface area contributed by atoms with Gasteiger partial charge in [0.05, 0.1) is 0 Å². The predicted molar refractivity (Wildman–Crippen MR) is 54.0 cm³/mol. The van der Waals surface area contributed by atoms with Crippen LogP contribution in [0.15, 0.2) is 18.2 Å². The Morgan fingerprint density at radius 3 is 2.62 bits per heavy atom. The highest BCUT2D eigenvalue weighted by molar-refractivity contribution is 6.31. The summed E-state index contributed by atoms with van der Waals surface area (Å²) in [5, 5.41) is -0.160. The van der Waals surface area contributed by atoms with E-state index < -0.39 is 11.3 Å². The molecule has 0 radical (unpaired) electrons. The fourth-order valence-electron chi connectivity index (χ4n) is 1.08. The third-order valence-electron chi connectivity index (χ3n) is 1.75. The number of carbonyl (C=O) groups is 1. The zero-order valence-electron chi connectivity index (χ0n) is 7.05. The molecule has 1 aromatic rings. The van der Waals surface area contributed by atoms with Gasteiger partial charge in [0, 0.05) is 5.02 Å². The van der Waals surface area contributed by atoms with Gasteiger partial charge in [0.1, 0.15) is 5.38 Å². The van der Waals surface area contributed by atoms with Gasteiger partial charge in [0.15, 0.2) is 0 Å². The lowest BCUT2D eigenvalue weighted by Gasteiger charge is -2.08. The molecule has 1 atom stereocenters. The van der Waals surface area contributed by atoms with Gasteiger partial charge in [-0.2, -0.15) is 0 Å². The number of alkyl halides is 1. The van der Waals surface area contributed by atoms with Crippen LogP contribution in [0.3, 0.4) is 0 Å². The van der Waals surface area contributed by atoms with Crippen LogP contribution in [0.2, 0.25) is 5.02 Å². The van der Waals surface area contributed by atoms with Gasteiger partial charge in [-0.15, -0.1) is 11.6 Å². The maximum Gasteiger partial charge on any atom is 0.240 e. The molecule has 0 aliphatic rings. The number of halogens is 2. The van der Waals surface area contributed by atoms with E-state index in [0.29, 0.717) is 10.6 Å². The molecule has 0 bridgehead atoms. The van der Waals surface area contributed by atoms with E-state index >= 15 is 0 Å². The zero-order chi connectivity index (χ0) is 10.0. The third kappa shape index (κ3) is 2.36. The minimum atomic E-state index is -0.780. The molecule has 0 saturated heterocycles. The van der Waals surface area contributed by atoms with Crippen molar-refractivity contribution in [2.24, 2.45) is 5.73 Å². The number of hydrogen-bond acceptors (Lipinski definition) is 1. The Hall–Kier alpha value is -0.730. The lowest BCUT2D eigenvalue weighted by atomic mass is 10.1. The largest absolute Gasteiger partial charge is 0.368 e. The molecule has 0 aliphatic carbocycles. The number of benzene rings is 1. The second kappa shape index (κ2) is 3.99. The predicted octanol–water partition coefficient (Wildman–Crippen LogP) is 2.41. The summed E-state index contributed by atoms with van der Waals surface area (Å²) in [5.74, 6) is -0.549. The van der Waals surface area contributed by atoms with Crippen molar-refractivity contribution in [3.63, 3.8) is 0 Å². The summed E-state index contributed by atoms with van der Waals surface area (Å²) in [4.78, 5) is 10.8. The summed E-state index contributed by atoms with van der Waals surface area (Å²) in [5.41, 5.74) is 6.65. The Kier molecular flexibility index (Phi) is 3.17. The fraction of sp³-hybridized carbons (Fsp3) is 0.222. The molecule has 2 nitrogen and oxygen atoms in total. The van der Waals surface area contributed by atoms with Gasteiger partial charge in [0.2, 0.25) is 5.91 Å². The number of amides is 1. The van der Waals surface area contributed by atoms with E-state index in [1.165, 1.54) is 0 Å². The van der Waals surface area contributed by atoms with Crippen molar-refractivity contribution in [2.75, 3.05) is 0 Å². The Balaban J connectivity index is 3.08. The van der Waals surface area contributed by atoms with Crippen LogP contribution in [0.5, 0.6) is 0 Å². The van der Waals surface area contributed by atoms with Crippen molar-refractivity contribution < 1.29 is 4.79 Å². The molecule has 70 valence electrons. The Labute approximate surface area is 86.6 Å². The van der Waals surface area contributed by atoms with Crippen LogP contribution < -0.4 is 5.73 Å². The van der Waals surface area contributed by atoms with Crippen LogP contribution in [0.25, 0.3) is 0 Å². The minimum absolute atomic E-state index is 0.549. The summed E-state index contributed by atoms with van der Waals surface area (Å²) < 4.78 is 0. The monoisotopic (exact) mass is 217 g/mol. The highest BCUT2D eigenvalue weighted by Gasteiger charge is 2.15. The molecule has 0 spiro atoms. The van der Waals surface area contributed by atoms with E-state index in [2.05, 4.69) is 0 Å². The number of nitrogens with two attached hydrogens (primary N) is 1. The van der Waals surface area contributed by atoms with Crippen molar-refractivity contribution in [2.45, 2.75) is 12.3 Å². The molecule has 0 heterocycles. The summed E-state index contributed by atoms with van der Waals surface area (Å²) >= 11 is 11.5. The van der Waals surface area contributed by atoms with Crippen LogP contribution in [0.4, 0.5) is 0 Å². The van der Waals surface area contributed by atoms with Gasteiger partial charge in [-0.25, -0.2) is 0 Å². The van der Waals surface area contributed by atoms with Gasteiger partial charge in [-0.3, -0.25) is 4.79 Å². The van der Waals surface area contributed by atoms with E-state index in [1.807, 2.05) is 6.92 Å². The lowest BCUT2D eigenvalue weighted by Crippen LogP contribution is -2.17. The molecule has 1 amide bonds. The first kappa shape index (κ1) is 10.4. The maximum absolute atomic E-state index is 10.8. The van der Waals surface area contributed by atoms with Crippen LogP contribution in [0.1, 0.15) is 16.5 Å². The zero-order valence-corrected chi connectivity index (χ0v) is 8.56. The van der Waals surface area contributed by atoms with Crippen molar-refractivity contribution in [1.29, 1.82) is 0 Å². The van der Waals surface area contributed by atoms with E-state index in [-0.39, 0.29) is 0 Å². The van der Waals surface area contributed by atoms with Gasteiger partial charge >= 0.3 is 0 Å². The second-order valence-corrected chi connectivity index (χ2v) is 3.64. The standard InChI is InChI=1S/C9H9Cl2NO/c1-5-4-6(10)2-3-7(5)8(11)9(12)13/h2-4,8H,1H3,(H2,12,13). The van der Waals surface area contributed by atoms with Crippen LogP contribution in [-0.4, -0.2) is 5.91 Å². The number of hydrogen-bond donors (Lipinski definition) is 1. The smallest absolute Gasteiger partial charge is 0.240 e. The first-order chi connectivity index (χ1) is 6.02. The average Bonchev–Trinajstić information content (AvgIpc) is 2.03. The Morgan fingerprint density at radius 1 is 1.54 bits per heavy atom. The number of carbonyl (C=O) groups excluding carboxylic acids is 1. The molecule has 0 aliphatic heterocycles. The molecule has 0 saturated carbocycles. The Bertz CT molecular complexity index is 338. The molecule has 1 aromatic carbocycles. The van der Waals surface area contributed by atoms with Crippen LogP contribution in [0, 0.1) is 6.92 Å². The SMILES string of the molecule is Cc1cc(Cl)ccc1C(Cl)C(N)=O. The van der Waals surface area contributed by atoms with Gasteiger partial charge in [-0.05, 0) is 30.2 Å². The van der Waals surface area contributed by atoms with Crippen molar-refractivity contribution in [1.82, 2.24) is 0 Å². The number of rotatable bonds is 2. The van der Waals surface area contributed by atoms with Gasteiger partial charge in [0.25, 0.3) is 0 Å².